The normalized spacial score (nSPS) is 16.2. The van der Waals surface area contributed by atoms with E-state index in [9.17, 15) is 4.79 Å². The van der Waals surface area contributed by atoms with Gasteiger partial charge in [0.05, 0.1) is 11.7 Å². The summed E-state index contributed by atoms with van der Waals surface area (Å²) in [5.41, 5.74) is 1.49. The molecule has 1 aromatic carbocycles. The quantitative estimate of drug-likeness (QED) is 0.597. The smallest absolute Gasteiger partial charge is 0.235 e. The van der Waals surface area contributed by atoms with Crippen LogP contribution in [0.5, 0.6) is 0 Å². The van der Waals surface area contributed by atoms with Crippen LogP contribution in [0.15, 0.2) is 46.1 Å². The molecule has 1 heterocycles. The number of nitrogens with zero attached hydrogens (tertiary/aromatic N) is 2. The van der Waals surface area contributed by atoms with Gasteiger partial charge in [-0.15, -0.1) is 0 Å². The molecule has 1 aromatic heterocycles. The maximum Gasteiger partial charge on any atom is 0.235 e. The molecule has 1 aliphatic carbocycles. The molecule has 1 saturated carbocycles. The maximum absolute atomic E-state index is 10.5. The van der Waals surface area contributed by atoms with Crippen LogP contribution in [-0.4, -0.2) is 11.1 Å². The molecule has 4 nitrogen and oxygen atoms in total. The van der Waals surface area contributed by atoms with Crippen molar-refractivity contribution in [3.63, 3.8) is 0 Å². The van der Waals surface area contributed by atoms with Gasteiger partial charge < -0.3 is 4.42 Å². The number of isocyanates is 1. The lowest BCUT2D eigenvalue weighted by Crippen LogP contribution is -2.04. The standard InChI is InChI=1S/C13H10N2O2/c16-9-15-13(5-6-13)11-4-2-1-3-10(11)12-14-7-8-17-12/h1-4,7-8H,5-6H2. The summed E-state index contributed by atoms with van der Waals surface area (Å²) in [6.45, 7) is 0. The molecule has 2 aromatic rings. The number of benzene rings is 1. The van der Waals surface area contributed by atoms with E-state index in [0.29, 0.717) is 5.89 Å². The van der Waals surface area contributed by atoms with Crippen molar-refractivity contribution in [2.24, 2.45) is 4.99 Å². The van der Waals surface area contributed by atoms with E-state index in [1.165, 1.54) is 6.26 Å². The molecule has 0 N–H and O–H groups in total. The molecule has 0 bridgehead atoms. The van der Waals surface area contributed by atoms with Gasteiger partial charge in [0.1, 0.15) is 6.26 Å². The van der Waals surface area contributed by atoms with Crippen LogP contribution in [0.1, 0.15) is 18.4 Å². The van der Waals surface area contributed by atoms with E-state index >= 15 is 0 Å². The van der Waals surface area contributed by atoms with Gasteiger partial charge in [-0.2, -0.15) is 4.99 Å². The van der Waals surface area contributed by atoms with Gasteiger partial charge in [-0.05, 0) is 24.5 Å². The van der Waals surface area contributed by atoms with Crippen molar-refractivity contribution < 1.29 is 9.21 Å². The zero-order valence-corrected chi connectivity index (χ0v) is 9.09. The second-order valence-corrected chi connectivity index (χ2v) is 4.12. The first kappa shape index (κ1) is 10.00. The Morgan fingerprint density at radius 2 is 2.18 bits per heavy atom. The molecule has 17 heavy (non-hydrogen) atoms. The molecule has 0 saturated heterocycles. The third-order valence-electron chi connectivity index (χ3n) is 3.07. The summed E-state index contributed by atoms with van der Waals surface area (Å²) in [6, 6.07) is 7.75. The molecule has 0 radical (unpaired) electrons. The van der Waals surface area contributed by atoms with E-state index in [-0.39, 0.29) is 0 Å². The van der Waals surface area contributed by atoms with Crippen LogP contribution in [0.4, 0.5) is 0 Å². The highest BCUT2D eigenvalue weighted by Crippen LogP contribution is 2.51. The third kappa shape index (κ3) is 1.59. The topological polar surface area (TPSA) is 55.5 Å². The Morgan fingerprint density at radius 1 is 1.35 bits per heavy atom. The summed E-state index contributed by atoms with van der Waals surface area (Å²) in [7, 11) is 0. The van der Waals surface area contributed by atoms with Crippen LogP contribution in [0.2, 0.25) is 0 Å². The fourth-order valence-corrected chi connectivity index (χ4v) is 2.08. The Labute approximate surface area is 98.0 Å². The summed E-state index contributed by atoms with van der Waals surface area (Å²) in [5.74, 6) is 0.563. The number of rotatable bonds is 3. The number of aromatic nitrogens is 1. The second-order valence-electron chi connectivity index (χ2n) is 4.12. The minimum absolute atomic E-state index is 0.396. The van der Waals surface area contributed by atoms with E-state index in [2.05, 4.69) is 9.98 Å². The highest BCUT2D eigenvalue weighted by atomic mass is 16.3. The van der Waals surface area contributed by atoms with Gasteiger partial charge in [0.25, 0.3) is 0 Å². The molecular formula is C13H10N2O2. The Bertz CT molecular complexity index is 579. The van der Waals surface area contributed by atoms with E-state index in [0.717, 1.165) is 24.0 Å². The minimum Gasteiger partial charge on any atom is -0.445 e. The fourth-order valence-electron chi connectivity index (χ4n) is 2.08. The first-order valence-electron chi connectivity index (χ1n) is 5.44. The van der Waals surface area contributed by atoms with E-state index in [1.54, 1.807) is 12.3 Å². The SMILES string of the molecule is O=C=NC1(c2ccccc2-c2ncco2)CC1. The molecule has 0 unspecified atom stereocenters. The number of hydrogen-bond acceptors (Lipinski definition) is 4. The molecule has 0 amide bonds. The highest BCUT2D eigenvalue weighted by molar-refractivity contribution is 5.62. The molecule has 0 spiro atoms. The molecule has 0 atom stereocenters. The number of oxazole rings is 1. The predicted octanol–water partition coefficient (Wildman–Crippen LogP) is 2.67. The van der Waals surface area contributed by atoms with Gasteiger partial charge in [-0.1, -0.05) is 18.2 Å². The average molecular weight is 226 g/mol. The van der Waals surface area contributed by atoms with Gasteiger partial charge >= 0.3 is 0 Å². The third-order valence-corrected chi connectivity index (χ3v) is 3.07. The van der Waals surface area contributed by atoms with Crippen molar-refractivity contribution in [2.75, 3.05) is 0 Å². The fraction of sp³-hybridized carbons (Fsp3) is 0.231. The van der Waals surface area contributed by atoms with Crippen molar-refractivity contribution >= 4 is 6.08 Å². The first-order chi connectivity index (χ1) is 8.36. The molecule has 3 rings (SSSR count). The van der Waals surface area contributed by atoms with Gasteiger partial charge in [0.15, 0.2) is 0 Å². The highest BCUT2D eigenvalue weighted by Gasteiger charge is 2.46. The number of aliphatic imine (C=N–C) groups is 1. The zero-order valence-electron chi connectivity index (χ0n) is 9.09. The number of carbonyl (C=O) groups excluding carboxylic acids is 1. The van der Waals surface area contributed by atoms with Gasteiger partial charge in [-0.3, -0.25) is 0 Å². The summed E-state index contributed by atoms with van der Waals surface area (Å²) >= 11 is 0. The Hall–Kier alpha value is -2.19. The largest absolute Gasteiger partial charge is 0.445 e. The summed E-state index contributed by atoms with van der Waals surface area (Å²) < 4.78 is 5.31. The summed E-state index contributed by atoms with van der Waals surface area (Å²) in [4.78, 5) is 18.6. The monoisotopic (exact) mass is 226 g/mol. The predicted molar refractivity (Wildman–Crippen MR) is 61.0 cm³/mol. The average Bonchev–Trinajstić information content (AvgIpc) is 2.94. The molecular weight excluding hydrogens is 216 g/mol. The Balaban J connectivity index is 2.15. The minimum atomic E-state index is -0.396. The van der Waals surface area contributed by atoms with Gasteiger partial charge in [-0.25, -0.2) is 9.78 Å². The summed E-state index contributed by atoms with van der Waals surface area (Å²) in [6.07, 6.45) is 6.56. The van der Waals surface area contributed by atoms with Crippen LogP contribution < -0.4 is 0 Å². The van der Waals surface area contributed by atoms with Gasteiger partial charge in [0.2, 0.25) is 12.0 Å². The molecule has 4 heteroatoms. The molecule has 84 valence electrons. The molecule has 1 fully saturated rings. The maximum atomic E-state index is 10.5. The summed E-state index contributed by atoms with van der Waals surface area (Å²) in [5, 5.41) is 0. The van der Waals surface area contributed by atoms with E-state index in [4.69, 9.17) is 4.42 Å². The van der Waals surface area contributed by atoms with Crippen LogP contribution in [0.3, 0.4) is 0 Å². The molecule has 1 aliphatic rings. The van der Waals surface area contributed by atoms with Crippen molar-refractivity contribution in [3.8, 4) is 11.5 Å². The van der Waals surface area contributed by atoms with Crippen molar-refractivity contribution in [2.45, 2.75) is 18.4 Å². The van der Waals surface area contributed by atoms with Crippen LogP contribution >= 0.6 is 0 Å². The van der Waals surface area contributed by atoms with Crippen molar-refractivity contribution in [3.05, 3.63) is 42.3 Å². The van der Waals surface area contributed by atoms with Crippen LogP contribution in [0.25, 0.3) is 11.5 Å². The lowest BCUT2D eigenvalue weighted by Gasteiger charge is -2.11. The van der Waals surface area contributed by atoms with E-state index in [1.807, 2.05) is 24.3 Å². The lowest BCUT2D eigenvalue weighted by atomic mass is 9.99. The van der Waals surface area contributed by atoms with Crippen LogP contribution in [0, 0.1) is 0 Å². The first-order valence-corrected chi connectivity index (χ1v) is 5.44. The van der Waals surface area contributed by atoms with Crippen molar-refractivity contribution in [1.29, 1.82) is 0 Å². The number of hydrogen-bond donors (Lipinski definition) is 0. The van der Waals surface area contributed by atoms with Crippen LogP contribution in [-0.2, 0) is 10.3 Å². The van der Waals surface area contributed by atoms with E-state index < -0.39 is 5.54 Å². The lowest BCUT2D eigenvalue weighted by molar-refractivity contribution is 0.554. The van der Waals surface area contributed by atoms with Crippen molar-refractivity contribution in [1.82, 2.24) is 4.98 Å². The zero-order chi connectivity index (χ0) is 11.7. The molecule has 0 aliphatic heterocycles. The Morgan fingerprint density at radius 3 is 2.82 bits per heavy atom. The second kappa shape index (κ2) is 3.68. The van der Waals surface area contributed by atoms with Gasteiger partial charge in [0, 0.05) is 5.56 Å². The Kier molecular flexibility index (Phi) is 2.16.